The van der Waals surface area contributed by atoms with Crippen LogP contribution in [0.15, 0.2) is 10.6 Å². The van der Waals surface area contributed by atoms with Gasteiger partial charge in [0.05, 0.1) is 0 Å². The third kappa shape index (κ3) is 2.09. The summed E-state index contributed by atoms with van der Waals surface area (Å²) in [5.74, 6) is 0.655. The smallest absolute Gasteiger partial charge is 0.276 e. The Hall–Kier alpha value is -1.36. The Balaban J connectivity index is 2.09. The quantitative estimate of drug-likeness (QED) is 0.823. The zero-order chi connectivity index (χ0) is 11.5. The molecule has 1 aliphatic heterocycles. The first kappa shape index (κ1) is 11.1. The maximum absolute atomic E-state index is 12.1. The van der Waals surface area contributed by atoms with E-state index in [0.717, 1.165) is 25.9 Å². The summed E-state index contributed by atoms with van der Waals surface area (Å²) < 4.78 is 4.93. The molecule has 1 unspecified atom stereocenters. The van der Waals surface area contributed by atoms with Gasteiger partial charge in [-0.3, -0.25) is 4.79 Å². The van der Waals surface area contributed by atoms with Gasteiger partial charge >= 0.3 is 0 Å². The van der Waals surface area contributed by atoms with Crippen molar-refractivity contribution >= 4 is 5.91 Å². The van der Waals surface area contributed by atoms with Crippen molar-refractivity contribution in [2.45, 2.75) is 25.8 Å². The number of amides is 1. The summed E-state index contributed by atoms with van der Waals surface area (Å²) in [6.45, 7) is 3.44. The van der Waals surface area contributed by atoms with Gasteiger partial charge in [-0.15, -0.1) is 0 Å². The molecule has 2 heterocycles. The van der Waals surface area contributed by atoms with E-state index in [9.17, 15) is 4.79 Å². The van der Waals surface area contributed by atoms with Crippen LogP contribution in [0.5, 0.6) is 0 Å². The van der Waals surface area contributed by atoms with Gasteiger partial charge in [0.1, 0.15) is 5.76 Å². The molecule has 1 atom stereocenters. The van der Waals surface area contributed by atoms with Crippen LogP contribution < -0.4 is 5.32 Å². The molecule has 2 rings (SSSR count). The van der Waals surface area contributed by atoms with Gasteiger partial charge in [-0.05, 0) is 26.8 Å². The van der Waals surface area contributed by atoms with Crippen molar-refractivity contribution in [1.82, 2.24) is 15.4 Å². The van der Waals surface area contributed by atoms with Gasteiger partial charge < -0.3 is 14.7 Å². The van der Waals surface area contributed by atoms with Crippen LogP contribution in [-0.2, 0) is 0 Å². The highest BCUT2D eigenvalue weighted by atomic mass is 16.5. The van der Waals surface area contributed by atoms with E-state index in [4.69, 9.17) is 4.52 Å². The fraction of sp³-hybridized carbons (Fsp3) is 0.636. The summed E-state index contributed by atoms with van der Waals surface area (Å²) in [5.41, 5.74) is 0.417. The number of aromatic nitrogens is 1. The standard InChI is InChI=1S/C11H17N3O2/c1-8-6-10(13-16-8)11(15)14-5-3-4-9(14)7-12-2/h6,9,12H,3-5,7H2,1-2H3. The number of carbonyl (C=O) groups excluding carboxylic acids is 1. The molecule has 1 aromatic heterocycles. The Labute approximate surface area is 94.8 Å². The molecular weight excluding hydrogens is 206 g/mol. The lowest BCUT2D eigenvalue weighted by Gasteiger charge is -2.23. The topological polar surface area (TPSA) is 58.4 Å². The molecule has 1 aromatic rings. The number of hydrogen-bond acceptors (Lipinski definition) is 4. The lowest BCUT2D eigenvalue weighted by molar-refractivity contribution is 0.0726. The first-order valence-corrected chi connectivity index (χ1v) is 5.61. The third-order valence-electron chi connectivity index (χ3n) is 2.92. The molecule has 0 bridgehead atoms. The van der Waals surface area contributed by atoms with Gasteiger partial charge in [0.2, 0.25) is 0 Å². The highest BCUT2D eigenvalue weighted by molar-refractivity contribution is 5.92. The molecule has 0 aliphatic carbocycles. The lowest BCUT2D eigenvalue weighted by atomic mass is 10.2. The first-order chi connectivity index (χ1) is 7.72. The second kappa shape index (κ2) is 4.65. The van der Waals surface area contributed by atoms with Crippen LogP contribution in [0, 0.1) is 6.92 Å². The Kier molecular flexibility index (Phi) is 3.24. The maximum atomic E-state index is 12.1. The second-order valence-electron chi connectivity index (χ2n) is 4.18. The Morgan fingerprint density at radius 1 is 1.75 bits per heavy atom. The van der Waals surface area contributed by atoms with E-state index in [2.05, 4.69) is 10.5 Å². The van der Waals surface area contributed by atoms with Gasteiger partial charge in [0.25, 0.3) is 5.91 Å². The molecule has 0 saturated carbocycles. The van der Waals surface area contributed by atoms with Crippen LogP contribution in [-0.4, -0.2) is 42.1 Å². The summed E-state index contributed by atoms with van der Waals surface area (Å²) in [6.07, 6.45) is 2.12. The Morgan fingerprint density at radius 2 is 2.56 bits per heavy atom. The second-order valence-corrected chi connectivity index (χ2v) is 4.18. The molecule has 16 heavy (non-hydrogen) atoms. The molecule has 1 fully saturated rings. The number of carbonyl (C=O) groups is 1. The van der Waals surface area contributed by atoms with Crippen LogP contribution in [0.25, 0.3) is 0 Å². The number of nitrogens with one attached hydrogen (secondary N) is 1. The number of aryl methyl sites for hydroxylation is 1. The molecule has 5 nitrogen and oxygen atoms in total. The summed E-state index contributed by atoms with van der Waals surface area (Å²) in [7, 11) is 1.90. The van der Waals surface area contributed by atoms with Gasteiger partial charge in [-0.2, -0.15) is 0 Å². The van der Waals surface area contributed by atoms with Crippen LogP contribution >= 0.6 is 0 Å². The number of rotatable bonds is 3. The van der Waals surface area contributed by atoms with Crippen LogP contribution in [0.4, 0.5) is 0 Å². The molecule has 1 N–H and O–H groups in total. The fourth-order valence-electron chi connectivity index (χ4n) is 2.17. The number of hydrogen-bond donors (Lipinski definition) is 1. The van der Waals surface area contributed by atoms with Crippen molar-refractivity contribution in [1.29, 1.82) is 0 Å². The predicted octanol–water partition coefficient (Wildman–Crippen LogP) is 0.807. The summed E-state index contributed by atoms with van der Waals surface area (Å²) >= 11 is 0. The highest BCUT2D eigenvalue weighted by Gasteiger charge is 2.30. The monoisotopic (exact) mass is 223 g/mol. The number of likely N-dealkylation sites (N-methyl/N-ethyl adjacent to an activating group) is 1. The van der Waals surface area contributed by atoms with Crippen molar-refractivity contribution in [2.24, 2.45) is 0 Å². The molecule has 0 aromatic carbocycles. The van der Waals surface area contributed by atoms with Gasteiger partial charge in [-0.25, -0.2) is 0 Å². The summed E-state index contributed by atoms with van der Waals surface area (Å²) in [4.78, 5) is 14.0. The third-order valence-corrected chi connectivity index (χ3v) is 2.92. The zero-order valence-corrected chi connectivity index (χ0v) is 9.69. The molecule has 5 heteroatoms. The highest BCUT2D eigenvalue weighted by Crippen LogP contribution is 2.19. The molecular formula is C11H17N3O2. The summed E-state index contributed by atoms with van der Waals surface area (Å²) in [6, 6.07) is 1.98. The lowest BCUT2D eigenvalue weighted by Crippen LogP contribution is -2.40. The number of likely N-dealkylation sites (tertiary alicyclic amines) is 1. The first-order valence-electron chi connectivity index (χ1n) is 5.61. The van der Waals surface area contributed by atoms with E-state index in [-0.39, 0.29) is 11.9 Å². The van der Waals surface area contributed by atoms with Crippen molar-refractivity contribution in [3.05, 3.63) is 17.5 Å². The predicted molar refractivity (Wildman–Crippen MR) is 59.2 cm³/mol. The minimum Gasteiger partial charge on any atom is -0.361 e. The Bertz CT molecular complexity index is 375. The average molecular weight is 223 g/mol. The van der Waals surface area contributed by atoms with Gasteiger partial charge in [0, 0.05) is 25.2 Å². The van der Waals surface area contributed by atoms with Crippen molar-refractivity contribution in [3.8, 4) is 0 Å². The van der Waals surface area contributed by atoms with Gasteiger partial charge in [-0.1, -0.05) is 5.16 Å². The summed E-state index contributed by atoms with van der Waals surface area (Å²) in [5, 5.41) is 6.88. The molecule has 1 aliphatic rings. The van der Waals surface area contributed by atoms with Crippen molar-refractivity contribution in [2.75, 3.05) is 20.1 Å². The molecule has 1 saturated heterocycles. The normalized spacial score (nSPS) is 20.4. The molecule has 1 amide bonds. The minimum atomic E-state index is -0.0189. The average Bonchev–Trinajstić information content (AvgIpc) is 2.87. The van der Waals surface area contributed by atoms with E-state index in [1.165, 1.54) is 0 Å². The van der Waals surface area contributed by atoms with Crippen molar-refractivity contribution < 1.29 is 9.32 Å². The SMILES string of the molecule is CNCC1CCCN1C(=O)c1cc(C)on1. The fourth-order valence-corrected chi connectivity index (χ4v) is 2.17. The molecule has 0 spiro atoms. The van der Waals surface area contributed by atoms with Crippen LogP contribution in [0.2, 0.25) is 0 Å². The van der Waals surface area contributed by atoms with Crippen molar-refractivity contribution in [3.63, 3.8) is 0 Å². The largest absolute Gasteiger partial charge is 0.361 e. The van der Waals surface area contributed by atoms with E-state index >= 15 is 0 Å². The number of nitrogens with zero attached hydrogens (tertiary/aromatic N) is 2. The van der Waals surface area contributed by atoms with Crippen LogP contribution in [0.1, 0.15) is 29.1 Å². The van der Waals surface area contributed by atoms with E-state index in [1.54, 1.807) is 13.0 Å². The zero-order valence-electron chi connectivity index (χ0n) is 9.69. The Morgan fingerprint density at radius 3 is 3.19 bits per heavy atom. The van der Waals surface area contributed by atoms with Crippen LogP contribution in [0.3, 0.4) is 0 Å². The minimum absolute atomic E-state index is 0.0189. The molecule has 0 radical (unpaired) electrons. The van der Waals surface area contributed by atoms with E-state index in [0.29, 0.717) is 11.5 Å². The maximum Gasteiger partial charge on any atom is 0.276 e. The molecule has 88 valence electrons. The van der Waals surface area contributed by atoms with Gasteiger partial charge in [0.15, 0.2) is 5.69 Å². The van der Waals surface area contributed by atoms with E-state index in [1.807, 2.05) is 11.9 Å². The van der Waals surface area contributed by atoms with E-state index < -0.39 is 0 Å².